The topological polar surface area (TPSA) is 20.3 Å². The minimum absolute atomic E-state index is 0.0572. The van der Waals surface area contributed by atoms with Crippen LogP contribution in [0.2, 0.25) is 5.02 Å². The van der Waals surface area contributed by atoms with Crippen molar-refractivity contribution in [1.29, 1.82) is 0 Å². The third kappa shape index (κ3) is 5.07. The number of hydrogen-bond acceptors (Lipinski definition) is 1. The predicted molar refractivity (Wildman–Crippen MR) is 87.7 cm³/mol. The molecule has 0 atom stereocenters. The van der Waals surface area contributed by atoms with E-state index in [0.717, 1.165) is 11.1 Å². The molecule has 2 nitrogen and oxygen atoms in total. The van der Waals surface area contributed by atoms with E-state index in [4.69, 9.17) is 23.2 Å². The van der Waals surface area contributed by atoms with Gasteiger partial charge in [-0.05, 0) is 23.3 Å². The molecule has 0 spiro atoms. The lowest BCUT2D eigenvalue weighted by atomic mass is 10.1. The number of nitrogens with zero attached hydrogens (tertiary/aromatic N) is 1. The molecule has 0 unspecified atom stereocenters. The van der Waals surface area contributed by atoms with Gasteiger partial charge in [0.1, 0.15) is 0 Å². The number of halogens is 2. The molecule has 0 radical (unpaired) electrons. The van der Waals surface area contributed by atoms with Gasteiger partial charge in [0.05, 0.1) is 6.42 Å². The first-order valence-corrected chi connectivity index (χ1v) is 7.72. The summed E-state index contributed by atoms with van der Waals surface area (Å²) in [5.41, 5.74) is 2.02. The summed E-state index contributed by atoms with van der Waals surface area (Å²) in [7, 11) is 0. The van der Waals surface area contributed by atoms with Crippen molar-refractivity contribution >= 4 is 29.1 Å². The molecule has 4 heteroatoms. The summed E-state index contributed by atoms with van der Waals surface area (Å²) in [6, 6.07) is 17.3. The predicted octanol–water partition coefficient (Wildman–Crippen LogP) is 4.15. The highest BCUT2D eigenvalue weighted by molar-refractivity contribution is 6.30. The zero-order valence-electron chi connectivity index (χ0n) is 11.6. The van der Waals surface area contributed by atoms with Crippen LogP contribution in [0.25, 0.3) is 0 Å². The lowest BCUT2D eigenvalue weighted by Crippen LogP contribution is -2.33. The van der Waals surface area contributed by atoms with Crippen molar-refractivity contribution in [2.45, 2.75) is 13.0 Å². The summed E-state index contributed by atoms with van der Waals surface area (Å²) >= 11 is 11.8. The second kappa shape index (κ2) is 8.06. The summed E-state index contributed by atoms with van der Waals surface area (Å²) in [6.45, 7) is 1.11. The maximum absolute atomic E-state index is 12.4. The molecule has 0 heterocycles. The minimum Gasteiger partial charge on any atom is -0.337 e. The molecule has 0 saturated heterocycles. The van der Waals surface area contributed by atoms with Gasteiger partial charge in [-0.25, -0.2) is 0 Å². The number of rotatable bonds is 6. The Morgan fingerprint density at radius 1 is 1.00 bits per heavy atom. The summed E-state index contributed by atoms with van der Waals surface area (Å²) < 4.78 is 0. The van der Waals surface area contributed by atoms with Gasteiger partial charge in [-0.15, -0.1) is 11.6 Å². The number of benzene rings is 2. The van der Waals surface area contributed by atoms with Crippen molar-refractivity contribution in [3.05, 3.63) is 70.7 Å². The number of carbonyl (C=O) groups excluding carboxylic acids is 1. The van der Waals surface area contributed by atoms with Crippen LogP contribution in [0.1, 0.15) is 11.1 Å². The van der Waals surface area contributed by atoms with Gasteiger partial charge in [-0.1, -0.05) is 54.1 Å². The highest BCUT2D eigenvalue weighted by Gasteiger charge is 2.14. The van der Waals surface area contributed by atoms with Crippen LogP contribution in [0.5, 0.6) is 0 Å². The van der Waals surface area contributed by atoms with Crippen LogP contribution in [-0.4, -0.2) is 23.2 Å². The fraction of sp³-hybridized carbons (Fsp3) is 0.235. The Bertz CT molecular complexity index is 586. The molecular weight excluding hydrogens is 305 g/mol. The average molecular weight is 322 g/mol. The fourth-order valence-corrected chi connectivity index (χ4v) is 2.55. The third-order valence-corrected chi connectivity index (χ3v) is 3.57. The van der Waals surface area contributed by atoms with Gasteiger partial charge in [0.2, 0.25) is 5.91 Å². The highest BCUT2D eigenvalue weighted by atomic mass is 35.5. The largest absolute Gasteiger partial charge is 0.337 e. The summed E-state index contributed by atoms with van der Waals surface area (Å²) in [5, 5.41) is 0.646. The summed E-state index contributed by atoms with van der Waals surface area (Å²) in [5.74, 6) is 0.482. The number of hydrogen-bond donors (Lipinski definition) is 0. The van der Waals surface area contributed by atoms with E-state index in [2.05, 4.69) is 0 Å². The first-order chi connectivity index (χ1) is 10.2. The Kier molecular flexibility index (Phi) is 6.09. The van der Waals surface area contributed by atoms with Crippen LogP contribution < -0.4 is 0 Å². The first kappa shape index (κ1) is 15.9. The van der Waals surface area contributed by atoms with E-state index in [1.54, 1.807) is 11.0 Å². The van der Waals surface area contributed by atoms with Gasteiger partial charge in [-0.2, -0.15) is 0 Å². The standard InChI is InChI=1S/C17H17Cl2NO/c18-9-10-20(13-14-5-2-1-3-6-14)17(21)12-15-7-4-8-16(19)11-15/h1-8,11H,9-10,12-13H2. The van der Waals surface area contributed by atoms with E-state index in [9.17, 15) is 4.79 Å². The lowest BCUT2D eigenvalue weighted by molar-refractivity contribution is -0.130. The first-order valence-electron chi connectivity index (χ1n) is 6.81. The fourth-order valence-electron chi connectivity index (χ4n) is 2.13. The van der Waals surface area contributed by atoms with Crippen molar-refractivity contribution in [3.63, 3.8) is 0 Å². The molecule has 21 heavy (non-hydrogen) atoms. The molecule has 2 rings (SSSR count). The molecule has 1 amide bonds. The van der Waals surface area contributed by atoms with Gasteiger partial charge < -0.3 is 4.90 Å². The number of amides is 1. The van der Waals surface area contributed by atoms with Gasteiger partial charge >= 0.3 is 0 Å². The van der Waals surface area contributed by atoms with Gasteiger partial charge in [0.25, 0.3) is 0 Å². The highest BCUT2D eigenvalue weighted by Crippen LogP contribution is 2.13. The average Bonchev–Trinajstić information content (AvgIpc) is 2.48. The van der Waals surface area contributed by atoms with Crippen molar-refractivity contribution in [2.24, 2.45) is 0 Å². The molecule has 0 aliphatic rings. The second-order valence-electron chi connectivity index (χ2n) is 4.80. The summed E-state index contributed by atoms with van der Waals surface area (Å²) in [4.78, 5) is 14.2. The van der Waals surface area contributed by atoms with Crippen molar-refractivity contribution in [3.8, 4) is 0 Å². The SMILES string of the molecule is O=C(Cc1cccc(Cl)c1)N(CCCl)Cc1ccccc1. The zero-order chi connectivity index (χ0) is 15.1. The molecule has 0 aromatic heterocycles. The quantitative estimate of drug-likeness (QED) is 0.732. The molecule has 0 bridgehead atoms. The molecule has 0 aliphatic heterocycles. The van der Waals surface area contributed by atoms with Gasteiger partial charge in [0.15, 0.2) is 0 Å². The van der Waals surface area contributed by atoms with Crippen molar-refractivity contribution in [2.75, 3.05) is 12.4 Å². The molecule has 110 valence electrons. The van der Waals surface area contributed by atoms with Crippen molar-refractivity contribution < 1.29 is 4.79 Å². The summed E-state index contributed by atoms with van der Waals surface area (Å²) in [6.07, 6.45) is 0.338. The Hall–Kier alpha value is -1.51. The third-order valence-electron chi connectivity index (χ3n) is 3.17. The van der Waals surface area contributed by atoms with Crippen LogP contribution in [0, 0.1) is 0 Å². The van der Waals surface area contributed by atoms with Gasteiger partial charge in [-0.3, -0.25) is 4.79 Å². The van der Waals surface area contributed by atoms with E-state index in [-0.39, 0.29) is 5.91 Å². The Balaban J connectivity index is 2.05. The Morgan fingerprint density at radius 3 is 2.38 bits per heavy atom. The Labute approximate surface area is 135 Å². The molecule has 0 aliphatic carbocycles. The van der Waals surface area contributed by atoms with Crippen LogP contribution in [0.15, 0.2) is 54.6 Å². The maximum atomic E-state index is 12.4. The smallest absolute Gasteiger partial charge is 0.227 e. The van der Waals surface area contributed by atoms with Crippen LogP contribution in [0.4, 0.5) is 0 Å². The van der Waals surface area contributed by atoms with Crippen LogP contribution >= 0.6 is 23.2 Å². The molecular formula is C17H17Cl2NO. The molecule has 0 saturated carbocycles. The van der Waals surface area contributed by atoms with E-state index in [1.165, 1.54) is 0 Å². The van der Waals surface area contributed by atoms with E-state index in [1.807, 2.05) is 48.5 Å². The van der Waals surface area contributed by atoms with Crippen LogP contribution in [0.3, 0.4) is 0 Å². The second-order valence-corrected chi connectivity index (χ2v) is 5.61. The monoisotopic (exact) mass is 321 g/mol. The molecule has 2 aromatic carbocycles. The maximum Gasteiger partial charge on any atom is 0.227 e. The molecule has 2 aromatic rings. The van der Waals surface area contributed by atoms with Crippen molar-refractivity contribution in [1.82, 2.24) is 4.90 Å². The lowest BCUT2D eigenvalue weighted by Gasteiger charge is -2.22. The zero-order valence-corrected chi connectivity index (χ0v) is 13.1. The van der Waals surface area contributed by atoms with E-state index >= 15 is 0 Å². The van der Waals surface area contributed by atoms with Gasteiger partial charge in [0, 0.05) is 24.0 Å². The van der Waals surface area contributed by atoms with Crippen LogP contribution in [-0.2, 0) is 17.8 Å². The van der Waals surface area contributed by atoms with E-state index in [0.29, 0.717) is 30.4 Å². The number of carbonyl (C=O) groups is 1. The molecule has 0 fully saturated rings. The van der Waals surface area contributed by atoms with E-state index < -0.39 is 0 Å². The molecule has 0 N–H and O–H groups in total. The normalized spacial score (nSPS) is 10.4. The Morgan fingerprint density at radius 2 is 1.71 bits per heavy atom. The minimum atomic E-state index is 0.0572. The number of alkyl halides is 1.